The lowest BCUT2D eigenvalue weighted by atomic mass is 10.1. The molecule has 0 saturated carbocycles. The highest BCUT2D eigenvalue weighted by atomic mass is 32.1. The fourth-order valence-corrected chi connectivity index (χ4v) is 3.82. The Morgan fingerprint density at radius 1 is 1.10 bits per heavy atom. The van der Waals surface area contributed by atoms with Crippen molar-refractivity contribution < 1.29 is 18.7 Å². The van der Waals surface area contributed by atoms with Gasteiger partial charge in [0.15, 0.2) is 0 Å². The highest BCUT2D eigenvalue weighted by Crippen LogP contribution is 2.26. The van der Waals surface area contributed by atoms with Crippen LogP contribution < -0.4 is 4.90 Å². The Labute approximate surface area is 185 Å². The van der Waals surface area contributed by atoms with Gasteiger partial charge in [0.25, 0.3) is 0 Å². The van der Waals surface area contributed by atoms with Crippen LogP contribution in [0.15, 0.2) is 29.8 Å². The maximum Gasteiger partial charge on any atom is 0.346 e. The Kier molecular flexibility index (Phi) is 9.41. The van der Waals surface area contributed by atoms with Gasteiger partial charge in [-0.25, -0.2) is 13.6 Å². The second-order valence-electron chi connectivity index (χ2n) is 7.07. The summed E-state index contributed by atoms with van der Waals surface area (Å²) >= 11 is 1.22. The van der Waals surface area contributed by atoms with Crippen LogP contribution in [0, 0.1) is 23.0 Å². The lowest BCUT2D eigenvalue weighted by Crippen LogP contribution is -2.26. The number of carboxylic acids is 1. The summed E-state index contributed by atoms with van der Waals surface area (Å²) in [5, 5.41) is 17.8. The SMILES string of the molecule is CCCCN(CCCC)c1cc(F)c(/C=C/c2ccc(/C=C(\C#N)C(=O)O)s2)c(F)c1. The molecule has 0 atom stereocenters. The lowest BCUT2D eigenvalue weighted by Gasteiger charge is -2.25. The van der Waals surface area contributed by atoms with Crippen LogP contribution >= 0.6 is 11.3 Å². The molecule has 1 aromatic carbocycles. The van der Waals surface area contributed by atoms with E-state index in [9.17, 15) is 13.6 Å². The van der Waals surface area contributed by atoms with Crippen molar-refractivity contribution in [2.24, 2.45) is 0 Å². The standard InChI is InChI=1S/C24H26F2N2O2S/c1-3-5-11-28(12-6-4-2)18-14-22(25)21(23(26)15-18)10-9-19-7-8-20(31-19)13-17(16-27)24(29)30/h7-10,13-15H,3-6,11-12H2,1-2H3,(H,29,30)/b10-9+,17-13+. The Morgan fingerprint density at radius 3 is 2.19 bits per heavy atom. The van der Waals surface area contributed by atoms with Gasteiger partial charge in [-0.3, -0.25) is 0 Å². The van der Waals surface area contributed by atoms with Gasteiger partial charge in [-0.2, -0.15) is 5.26 Å². The first-order valence-corrected chi connectivity index (χ1v) is 11.1. The average Bonchev–Trinajstić information content (AvgIpc) is 3.18. The first kappa shape index (κ1) is 24.3. The number of hydrogen-bond donors (Lipinski definition) is 1. The van der Waals surface area contributed by atoms with Crippen LogP contribution in [0.4, 0.5) is 14.5 Å². The average molecular weight is 445 g/mol. The molecular weight excluding hydrogens is 418 g/mol. The van der Waals surface area contributed by atoms with Crippen molar-refractivity contribution in [3.05, 3.63) is 56.8 Å². The van der Waals surface area contributed by atoms with E-state index in [0.717, 1.165) is 38.8 Å². The van der Waals surface area contributed by atoms with Crippen LogP contribution in [0.25, 0.3) is 18.2 Å². The van der Waals surface area contributed by atoms with Gasteiger partial charge in [-0.15, -0.1) is 11.3 Å². The molecule has 1 heterocycles. The van der Waals surface area contributed by atoms with E-state index >= 15 is 0 Å². The Morgan fingerprint density at radius 2 is 1.68 bits per heavy atom. The van der Waals surface area contributed by atoms with Gasteiger partial charge in [0.1, 0.15) is 23.3 Å². The number of nitrogens with zero attached hydrogens (tertiary/aromatic N) is 2. The smallest absolute Gasteiger partial charge is 0.346 e. The molecule has 0 aliphatic carbocycles. The molecule has 2 aromatic rings. The molecule has 2 rings (SSSR count). The molecule has 7 heteroatoms. The maximum absolute atomic E-state index is 14.7. The van der Waals surface area contributed by atoms with E-state index in [1.165, 1.54) is 35.6 Å². The van der Waals surface area contributed by atoms with Crippen LogP contribution in [0.3, 0.4) is 0 Å². The molecule has 0 amide bonds. The Bertz CT molecular complexity index is 974. The van der Waals surface area contributed by atoms with Crippen molar-refractivity contribution >= 4 is 41.2 Å². The van der Waals surface area contributed by atoms with Crippen molar-refractivity contribution in [2.45, 2.75) is 39.5 Å². The van der Waals surface area contributed by atoms with Gasteiger partial charge in [-0.05, 0) is 55.3 Å². The summed E-state index contributed by atoms with van der Waals surface area (Å²) < 4.78 is 29.4. The van der Waals surface area contributed by atoms with E-state index < -0.39 is 17.6 Å². The third-order valence-electron chi connectivity index (χ3n) is 4.69. The van der Waals surface area contributed by atoms with Crippen molar-refractivity contribution in [3.8, 4) is 6.07 Å². The normalized spacial score (nSPS) is 11.6. The zero-order valence-electron chi connectivity index (χ0n) is 17.7. The van der Waals surface area contributed by atoms with Gasteiger partial charge in [0.2, 0.25) is 0 Å². The topological polar surface area (TPSA) is 64.3 Å². The summed E-state index contributed by atoms with van der Waals surface area (Å²) in [6.07, 6.45) is 8.14. The molecule has 1 N–H and O–H groups in total. The summed E-state index contributed by atoms with van der Waals surface area (Å²) in [6.45, 7) is 5.69. The molecule has 164 valence electrons. The van der Waals surface area contributed by atoms with Crippen molar-refractivity contribution in [1.29, 1.82) is 5.26 Å². The molecule has 0 saturated heterocycles. The first-order valence-electron chi connectivity index (χ1n) is 10.3. The number of rotatable bonds is 11. The second-order valence-corrected chi connectivity index (χ2v) is 8.21. The van der Waals surface area contributed by atoms with Crippen LogP contribution in [0.5, 0.6) is 0 Å². The molecule has 0 bridgehead atoms. The van der Waals surface area contributed by atoms with E-state index in [0.29, 0.717) is 15.4 Å². The van der Waals surface area contributed by atoms with Crippen LogP contribution in [0.1, 0.15) is 54.8 Å². The fourth-order valence-electron chi connectivity index (χ4n) is 2.97. The quantitative estimate of drug-likeness (QED) is 0.313. The van der Waals surface area contributed by atoms with Crippen molar-refractivity contribution in [2.75, 3.05) is 18.0 Å². The van der Waals surface area contributed by atoms with Gasteiger partial charge in [0.05, 0.1) is 0 Å². The zero-order valence-corrected chi connectivity index (χ0v) is 18.5. The third kappa shape index (κ3) is 7.04. The summed E-state index contributed by atoms with van der Waals surface area (Å²) in [6, 6.07) is 7.73. The minimum atomic E-state index is -1.30. The number of benzene rings is 1. The fraction of sp³-hybridized carbons (Fsp3) is 0.333. The molecule has 0 aliphatic heterocycles. The molecular formula is C24H26F2N2O2S. The third-order valence-corrected chi connectivity index (χ3v) is 5.69. The minimum absolute atomic E-state index is 0.122. The molecule has 0 unspecified atom stereocenters. The van der Waals surface area contributed by atoms with Crippen LogP contribution in [-0.4, -0.2) is 24.2 Å². The largest absolute Gasteiger partial charge is 0.477 e. The van der Waals surface area contributed by atoms with Gasteiger partial charge in [0, 0.05) is 34.1 Å². The summed E-state index contributed by atoms with van der Waals surface area (Å²) in [4.78, 5) is 14.2. The van der Waals surface area contributed by atoms with Crippen molar-refractivity contribution in [1.82, 2.24) is 0 Å². The number of carbonyl (C=O) groups is 1. The summed E-state index contributed by atoms with van der Waals surface area (Å²) in [5.74, 6) is -2.55. The zero-order chi connectivity index (χ0) is 22.8. The monoisotopic (exact) mass is 444 g/mol. The molecule has 4 nitrogen and oxygen atoms in total. The van der Waals surface area contributed by atoms with E-state index in [1.807, 2.05) is 4.90 Å². The van der Waals surface area contributed by atoms with Crippen LogP contribution in [-0.2, 0) is 4.79 Å². The number of anilines is 1. The first-order chi connectivity index (χ1) is 14.9. The number of carboxylic acid groups (broad SMARTS) is 1. The van der Waals surface area contributed by atoms with E-state index in [1.54, 1.807) is 24.3 Å². The minimum Gasteiger partial charge on any atom is -0.477 e. The van der Waals surface area contributed by atoms with Crippen molar-refractivity contribution in [3.63, 3.8) is 0 Å². The molecule has 0 aliphatic rings. The second kappa shape index (κ2) is 12.0. The molecule has 0 radical (unpaired) electrons. The number of halogens is 2. The molecule has 0 spiro atoms. The number of thiophene rings is 1. The summed E-state index contributed by atoms with van der Waals surface area (Å²) in [5.41, 5.74) is 0.0551. The van der Waals surface area contributed by atoms with E-state index in [2.05, 4.69) is 13.8 Å². The van der Waals surface area contributed by atoms with Gasteiger partial charge < -0.3 is 10.0 Å². The number of aliphatic carboxylic acids is 1. The molecule has 31 heavy (non-hydrogen) atoms. The summed E-state index contributed by atoms with van der Waals surface area (Å²) in [7, 11) is 0. The Hall–Kier alpha value is -2.98. The number of nitriles is 1. The highest BCUT2D eigenvalue weighted by Gasteiger charge is 2.13. The number of unbranched alkanes of at least 4 members (excludes halogenated alkanes) is 2. The highest BCUT2D eigenvalue weighted by molar-refractivity contribution is 7.13. The predicted octanol–water partition coefficient (Wildman–Crippen LogP) is 6.59. The molecule has 1 aromatic heterocycles. The van der Waals surface area contributed by atoms with Gasteiger partial charge >= 0.3 is 5.97 Å². The predicted molar refractivity (Wildman–Crippen MR) is 123 cm³/mol. The Balaban J connectivity index is 2.23. The molecule has 0 fully saturated rings. The van der Waals surface area contributed by atoms with E-state index in [4.69, 9.17) is 10.4 Å². The number of hydrogen-bond acceptors (Lipinski definition) is 4. The lowest BCUT2D eigenvalue weighted by molar-refractivity contribution is -0.132. The maximum atomic E-state index is 14.7. The van der Waals surface area contributed by atoms with E-state index in [-0.39, 0.29) is 11.1 Å². The van der Waals surface area contributed by atoms with Crippen LogP contribution in [0.2, 0.25) is 0 Å². The van der Waals surface area contributed by atoms with Gasteiger partial charge in [-0.1, -0.05) is 26.7 Å².